The molecule has 0 saturated carbocycles. The molecule has 0 heterocycles. The predicted molar refractivity (Wildman–Crippen MR) is 145 cm³/mol. The Balaban J connectivity index is 1.62. The number of rotatable bonds is 13. The summed E-state index contributed by atoms with van der Waals surface area (Å²) in [5.74, 6) is -0.936. The van der Waals surface area contributed by atoms with Crippen LogP contribution in [0.15, 0.2) is 78.9 Å². The molecule has 0 aromatic heterocycles. The largest absolute Gasteiger partial charge is 0.508 e. The molecular weight excluding hydrogens is 464 g/mol. The van der Waals surface area contributed by atoms with Crippen molar-refractivity contribution < 1.29 is 19.5 Å². The van der Waals surface area contributed by atoms with Gasteiger partial charge in [0.1, 0.15) is 5.75 Å². The van der Waals surface area contributed by atoms with Crippen LogP contribution in [0.2, 0.25) is 0 Å². The van der Waals surface area contributed by atoms with Crippen molar-refractivity contribution in [2.75, 3.05) is 13.6 Å². The zero-order chi connectivity index (χ0) is 26.8. The van der Waals surface area contributed by atoms with Crippen LogP contribution < -0.4 is 5.73 Å². The summed E-state index contributed by atoms with van der Waals surface area (Å²) in [4.78, 5) is 40.5. The normalized spacial score (nSPS) is 12.5. The summed E-state index contributed by atoms with van der Waals surface area (Å²) in [5, 5.41) is 9.47. The van der Waals surface area contributed by atoms with Gasteiger partial charge in [-0.15, -0.1) is 0 Å². The summed E-state index contributed by atoms with van der Waals surface area (Å²) in [7, 11) is 1.62. The minimum atomic E-state index is -0.767. The molecule has 0 spiro atoms. The summed E-state index contributed by atoms with van der Waals surface area (Å²) in [5.41, 5.74) is 10.2. The van der Waals surface area contributed by atoms with E-state index < -0.39 is 12.0 Å². The highest BCUT2D eigenvalue weighted by molar-refractivity contribution is 5.92. The number of nitrogens with two attached hydrogens (primary N) is 1. The molecule has 0 aliphatic heterocycles. The van der Waals surface area contributed by atoms with Gasteiger partial charge in [0.25, 0.3) is 0 Å². The fraction of sp³-hybridized carbons (Fsp3) is 0.323. The van der Waals surface area contributed by atoms with E-state index in [-0.39, 0.29) is 36.2 Å². The molecule has 0 bridgehead atoms. The van der Waals surface area contributed by atoms with E-state index in [2.05, 4.69) is 0 Å². The van der Waals surface area contributed by atoms with Gasteiger partial charge in [-0.3, -0.25) is 14.4 Å². The number of phenolic OH excluding ortho intramolecular Hbond substituents is 1. The first-order valence-electron chi connectivity index (χ1n) is 12.6. The highest BCUT2D eigenvalue weighted by Gasteiger charge is 2.28. The Morgan fingerprint density at radius 2 is 1.43 bits per heavy atom. The van der Waals surface area contributed by atoms with Gasteiger partial charge in [0.15, 0.2) is 11.6 Å². The standard InChI is InChI=1S/C31H36N2O4/c1-22-8-10-23(11-9-22)12-17-28(35)21-33(2)31(37)26(18-24-6-4-3-5-7-24)20-30(36)29(32)19-25-13-15-27(34)16-14-25/h3-11,13-16,26,29,34H,12,17-21,32H2,1-2H3/t26-,29-/m0/s1. The van der Waals surface area contributed by atoms with Crippen molar-refractivity contribution in [3.63, 3.8) is 0 Å². The van der Waals surface area contributed by atoms with Crippen LogP contribution in [0.1, 0.15) is 35.1 Å². The molecule has 0 saturated heterocycles. The first-order chi connectivity index (χ1) is 17.7. The second-order valence-corrected chi connectivity index (χ2v) is 9.75. The number of aryl methyl sites for hydroxylation is 2. The Kier molecular flexibility index (Phi) is 10.2. The van der Waals surface area contributed by atoms with Crippen molar-refractivity contribution in [3.8, 4) is 5.75 Å². The Hall–Kier alpha value is -3.77. The van der Waals surface area contributed by atoms with Crippen LogP contribution in [0, 0.1) is 12.8 Å². The van der Waals surface area contributed by atoms with Crippen LogP contribution in [0.5, 0.6) is 5.75 Å². The highest BCUT2D eigenvalue weighted by atomic mass is 16.3. The molecule has 0 aliphatic rings. The van der Waals surface area contributed by atoms with Crippen LogP contribution in [0.25, 0.3) is 0 Å². The second kappa shape index (κ2) is 13.5. The van der Waals surface area contributed by atoms with E-state index in [0.29, 0.717) is 25.7 Å². The first-order valence-corrected chi connectivity index (χ1v) is 12.6. The van der Waals surface area contributed by atoms with Gasteiger partial charge in [0.05, 0.1) is 12.6 Å². The van der Waals surface area contributed by atoms with E-state index >= 15 is 0 Å². The number of nitrogens with zero attached hydrogens (tertiary/aromatic N) is 1. The van der Waals surface area contributed by atoms with Crippen molar-refractivity contribution >= 4 is 17.5 Å². The van der Waals surface area contributed by atoms with Crippen LogP contribution in [0.4, 0.5) is 0 Å². The number of aromatic hydroxyl groups is 1. The van der Waals surface area contributed by atoms with Crippen LogP contribution in [-0.2, 0) is 33.6 Å². The zero-order valence-corrected chi connectivity index (χ0v) is 21.6. The molecule has 3 N–H and O–H groups in total. The number of hydrogen-bond acceptors (Lipinski definition) is 5. The number of phenols is 1. The Morgan fingerprint density at radius 1 is 0.838 bits per heavy atom. The first kappa shape index (κ1) is 27.8. The number of Topliss-reactive ketones (excluding diaryl/α,β-unsaturated/α-hetero) is 2. The fourth-order valence-corrected chi connectivity index (χ4v) is 4.31. The van der Waals surface area contributed by atoms with Crippen LogP contribution >= 0.6 is 0 Å². The SMILES string of the molecule is Cc1ccc(CCC(=O)CN(C)C(=O)[C@H](CC(=O)[C@@H](N)Cc2ccc(O)cc2)Cc2ccccc2)cc1. The molecule has 1 amide bonds. The van der Waals surface area contributed by atoms with Gasteiger partial charge in [-0.25, -0.2) is 0 Å². The maximum atomic E-state index is 13.4. The number of carbonyl (C=O) groups excluding carboxylic acids is 3. The lowest BCUT2D eigenvalue weighted by molar-refractivity contribution is -0.139. The third-order valence-corrected chi connectivity index (χ3v) is 6.53. The van der Waals surface area contributed by atoms with Crippen molar-refractivity contribution in [3.05, 3.63) is 101 Å². The van der Waals surface area contributed by atoms with E-state index in [9.17, 15) is 19.5 Å². The summed E-state index contributed by atoms with van der Waals surface area (Å²) < 4.78 is 0. The van der Waals surface area contributed by atoms with E-state index in [1.54, 1.807) is 31.3 Å². The molecule has 3 aromatic carbocycles. The second-order valence-electron chi connectivity index (χ2n) is 9.75. The molecule has 6 heteroatoms. The monoisotopic (exact) mass is 500 g/mol. The number of ketones is 2. The van der Waals surface area contributed by atoms with Gasteiger partial charge in [-0.1, -0.05) is 72.3 Å². The molecule has 194 valence electrons. The van der Waals surface area contributed by atoms with Crippen molar-refractivity contribution in [2.24, 2.45) is 11.7 Å². The maximum absolute atomic E-state index is 13.4. The third kappa shape index (κ3) is 8.99. The van der Waals surface area contributed by atoms with Crippen molar-refractivity contribution in [1.29, 1.82) is 0 Å². The lowest BCUT2D eigenvalue weighted by Crippen LogP contribution is -2.41. The molecule has 0 aliphatic carbocycles. The average Bonchev–Trinajstić information content (AvgIpc) is 2.89. The van der Waals surface area contributed by atoms with Gasteiger partial charge < -0.3 is 15.7 Å². The predicted octanol–water partition coefficient (Wildman–Crippen LogP) is 4.05. The van der Waals surface area contributed by atoms with Crippen LogP contribution in [0.3, 0.4) is 0 Å². The smallest absolute Gasteiger partial charge is 0.226 e. The number of amides is 1. The summed E-state index contributed by atoms with van der Waals surface area (Å²) in [6, 6.07) is 23.4. The molecular formula is C31H36N2O4. The minimum Gasteiger partial charge on any atom is -0.508 e. The molecule has 3 rings (SSSR count). The lowest BCUT2D eigenvalue weighted by atomic mass is 9.89. The molecule has 3 aromatic rings. The summed E-state index contributed by atoms with van der Waals surface area (Å²) in [6.45, 7) is 2.02. The highest BCUT2D eigenvalue weighted by Crippen LogP contribution is 2.18. The van der Waals surface area contributed by atoms with Gasteiger partial charge in [0, 0.05) is 25.8 Å². The molecule has 37 heavy (non-hydrogen) atoms. The topological polar surface area (TPSA) is 101 Å². The van der Waals surface area contributed by atoms with Gasteiger partial charge in [-0.05, 0) is 55.0 Å². The lowest BCUT2D eigenvalue weighted by Gasteiger charge is -2.24. The van der Waals surface area contributed by atoms with Crippen molar-refractivity contribution in [1.82, 2.24) is 4.90 Å². The number of likely N-dealkylation sites (N-methyl/N-ethyl adjacent to an activating group) is 1. The molecule has 0 unspecified atom stereocenters. The van der Waals surface area contributed by atoms with Gasteiger partial charge in [-0.2, -0.15) is 0 Å². The average molecular weight is 501 g/mol. The number of carbonyl (C=O) groups is 3. The molecule has 6 nitrogen and oxygen atoms in total. The van der Waals surface area contributed by atoms with Crippen molar-refractivity contribution in [2.45, 2.75) is 45.1 Å². The van der Waals surface area contributed by atoms with E-state index in [1.165, 1.54) is 10.5 Å². The number of hydrogen-bond donors (Lipinski definition) is 2. The number of benzene rings is 3. The molecule has 0 radical (unpaired) electrons. The van der Waals surface area contributed by atoms with E-state index in [0.717, 1.165) is 16.7 Å². The third-order valence-electron chi connectivity index (χ3n) is 6.53. The summed E-state index contributed by atoms with van der Waals surface area (Å²) in [6.07, 6.45) is 1.67. The quantitative estimate of drug-likeness (QED) is 0.369. The maximum Gasteiger partial charge on any atom is 0.226 e. The fourth-order valence-electron chi connectivity index (χ4n) is 4.31. The van der Waals surface area contributed by atoms with Crippen LogP contribution in [-0.4, -0.2) is 47.1 Å². The van der Waals surface area contributed by atoms with Gasteiger partial charge in [0.2, 0.25) is 5.91 Å². The molecule has 0 fully saturated rings. The Labute approximate surface area is 219 Å². The van der Waals surface area contributed by atoms with E-state index in [4.69, 9.17) is 5.73 Å². The summed E-state index contributed by atoms with van der Waals surface area (Å²) >= 11 is 0. The van der Waals surface area contributed by atoms with Gasteiger partial charge >= 0.3 is 0 Å². The Morgan fingerprint density at radius 3 is 2.08 bits per heavy atom. The Bertz CT molecular complexity index is 1170. The van der Waals surface area contributed by atoms with E-state index in [1.807, 2.05) is 61.5 Å². The molecule has 2 atom stereocenters. The zero-order valence-electron chi connectivity index (χ0n) is 21.6. The minimum absolute atomic E-state index is 0.00371.